The summed E-state index contributed by atoms with van der Waals surface area (Å²) in [6, 6.07) is 0. The molecule has 18 heavy (non-hydrogen) atoms. The van der Waals surface area contributed by atoms with Crippen LogP contribution < -0.4 is 0 Å². The minimum absolute atomic E-state index is 0.246. The summed E-state index contributed by atoms with van der Waals surface area (Å²) in [6.07, 6.45) is 5.69. The molecule has 0 aromatic heterocycles. The first-order chi connectivity index (χ1) is 8.30. The minimum Gasteiger partial charge on any atom is -0.391 e. The molecule has 0 radical (unpaired) electrons. The van der Waals surface area contributed by atoms with Crippen molar-refractivity contribution in [1.82, 2.24) is 0 Å². The summed E-state index contributed by atoms with van der Waals surface area (Å²) in [7, 11) is -4.15. The topological polar surface area (TPSA) is 74.6 Å². The number of rotatable bonds is 3. The van der Waals surface area contributed by atoms with E-state index in [0.717, 1.165) is 19.3 Å². The van der Waals surface area contributed by atoms with Crippen LogP contribution in [0.2, 0.25) is 0 Å². The van der Waals surface area contributed by atoms with Crippen molar-refractivity contribution in [2.75, 3.05) is 0 Å². The number of hydrogen-bond donors (Lipinski definition) is 2. The van der Waals surface area contributed by atoms with Crippen LogP contribution in [0, 0.1) is 23.2 Å². The Morgan fingerprint density at radius 1 is 1.06 bits per heavy atom. The van der Waals surface area contributed by atoms with Crippen LogP contribution in [0.1, 0.15) is 45.4 Å². The predicted octanol–water partition coefficient (Wildman–Crippen LogP) is 1.84. The fourth-order valence-corrected chi connectivity index (χ4v) is 5.82. The largest absolute Gasteiger partial charge is 0.391 e. The fourth-order valence-electron chi connectivity index (χ4n) is 5.20. The van der Waals surface area contributed by atoms with Crippen LogP contribution in [0.15, 0.2) is 0 Å². The molecule has 0 spiro atoms. The third kappa shape index (κ3) is 1.91. The van der Waals surface area contributed by atoms with Crippen molar-refractivity contribution in [3.05, 3.63) is 0 Å². The lowest BCUT2D eigenvalue weighted by molar-refractivity contribution is -0.119. The Morgan fingerprint density at radius 2 is 1.44 bits per heavy atom. The van der Waals surface area contributed by atoms with E-state index in [1.54, 1.807) is 0 Å². The average Bonchev–Trinajstić information content (AvgIpc) is 2.23. The SMILES string of the molecule is C[C@@H]([C@H](O)C12CC3CC(CC(C3)C1)C2)S(=O)(=O)O. The van der Waals surface area contributed by atoms with Gasteiger partial charge in [0.25, 0.3) is 10.1 Å². The second-order valence-corrected chi connectivity index (χ2v) is 8.72. The zero-order valence-corrected chi connectivity index (χ0v) is 11.6. The maximum absolute atomic E-state index is 11.3. The molecule has 4 bridgehead atoms. The summed E-state index contributed by atoms with van der Waals surface area (Å²) in [6.45, 7) is 1.43. The predicted molar refractivity (Wildman–Crippen MR) is 67.6 cm³/mol. The van der Waals surface area contributed by atoms with Crippen molar-refractivity contribution in [1.29, 1.82) is 0 Å². The van der Waals surface area contributed by atoms with Gasteiger partial charge in [-0.1, -0.05) is 0 Å². The van der Waals surface area contributed by atoms with Crippen molar-refractivity contribution in [2.24, 2.45) is 23.2 Å². The molecular weight excluding hydrogens is 252 g/mol. The summed E-state index contributed by atoms with van der Waals surface area (Å²) in [5.41, 5.74) is -0.246. The van der Waals surface area contributed by atoms with Crippen LogP contribution >= 0.6 is 0 Å². The third-order valence-corrected chi connectivity index (χ3v) is 6.82. The Hall–Kier alpha value is -0.130. The Bertz CT molecular complexity index is 407. The molecular formula is C13H22O4S. The number of aliphatic hydroxyl groups excluding tert-OH is 1. The van der Waals surface area contributed by atoms with E-state index < -0.39 is 21.5 Å². The molecule has 0 amide bonds. The van der Waals surface area contributed by atoms with Crippen LogP contribution in [-0.4, -0.2) is 29.4 Å². The van der Waals surface area contributed by atoms with E-state index in [9.17, 15) is 18.1 Å². The molecule has 5 heteroatoms. The molecule has 2 N–H and O–H groups in total. The second kappa shape index (κ2) is 3.93. The molecule has 4 rings (SSSR count). The molecule has 4 saturated carbocycles. The molecule has 0 aliphatic heterocycles. The summed E-state index contributed by atoms with van der Waals surface area (Å²) in [5, 5.41) is 9.42. The van der Waals surface area contributed by atoms with Gasteiger partial charge in [-0.25, -0.2) is 0 Å². The molecule has 4 aliphatic carbocycles. The lowest BCUT2D eigenvalue weighted by Crippen LogP contribution is -2.55. The zero-order chi connectivity index (χ0) is 13.1. The molecule has 4 aliphatic rings. The van der Waals surface area contributed by atoms with Crippen molar-refractivity contribution >= 4 is 10.1 Å². The van der Waals surface area contributed by atoms with E-state index in [1.165, 1.54) is 26.2 Å². The zero-order valence-electron chi connectivity index (χ0n) is 10.7. The van der Waals surface area contributed by atoms with E-state index >= 15 is 0 Å². The van der Waals surface area contributed by atoms with Gasteiger partial charge in [0.05, 0.1) is 6.10 Å². The fraction of sp³-hybridized carbons (Fsp3) is 1.00. The summed E-state index contributed by atoms with van der Waals surface area (Å²) >= 11 is 0. The first-order valence-corrected chi connectivity index (χ1v) is 8.45. The van der Waals surface area contributed by atoms with Gasteiger partial charge in [-0.05, 0) is 68.6 Å². The Balaban J connectivity index is 1.87. The van der Waals surface area contributed by atoms with E-state index in [4.69, 9.17) is 0 Å². The second-order valence-electron chi connectivity index (χ2n) is 6.94. The molecule has 0 heterocycles. The van der Waals surface area contributed by atoms with Crippen molar-refractivity contribution < 1.29 is 18.1 Å². The monoisotopic (exact) mass is 274 g/mol. The van der Waals surface area contributed by atoms with Gasteiger partial charge in [-0.15, -0.1) is 0 Å². The van der Waals surface area contributed by atoms with Gasteiger partial charge < -0.3 is 5.11 Å². The van der Waals surface area contributed by atoms with Gasteiger partial charge >= 0.3 is 0 Å². The molecule has 104 valence electrons. The first kappa shape index (κ1) is 12.9. The minimum atomic E-state index is -4.15. The van der Waals surface area contributed by atoms with Gasteiger partial charge in [-0.3, -0.25) is 4.55 Å². The lowest BCUT2D eigenvalue weighted by Gasteiger charge is -2.58. The Morgan fingerprint density at radius 3 is 1.78 bits per heavy atom. The van der Waals surface area contributed by atoms with Gasteiger partial charge in [-0.2, -0.15) is 8.42 Å². The highest BCUT2D eigenvalue weighted by Gasteiger charge is 2.56. The highest BCUT2D eigenvalue weighted by Crippen LogP contribution is 2.61. The van der Waals surface area contributed by atoms with E-state index in [0.29, 0.717) is 17.8 Å². The molecule has 0 unspecified atom stereocenters. The molecule has 0 aromatic carbocycles. The summed E-state index contributed by atoms with van der Waals surface area (Å²) < 4.78 is 31.7. The van der Waals surface area contributed by atoms with Crippen molar-refractivity contribution in [3.63, 3.8) is 0 Å². The van der Waals surface area contributed by atoms with Crippen molar-refractivity contribution in [3.8, 4) is 0 Å². The standard InChI is InChI=1S/C13H22O4S/c1-8(18(15,16)17)12(14)13-5-9-2-10(6-13)4-11(3-9)7-13/h8-12,14H,2-7H2,1H3,(H,15,16,17)/t8-,9?,10?,11?,12-,13?/m0/s1. The average molecular weight is 274 g/mol. The Kier molecular flexibility index (Phi) is 2.81. The first-order valence-electron chi connectivity index (χ1n) is 6.94. The quantitative estimate of drug-likeness (QED) is 0.770. The van der Waals surface area contributed by atoms with Crippen LogP contribution in [0.25, 0.3) is 0 Å². The van der Waals surface area contributed by atoms with Crippen molar-refractivity contribution in [2.45, 2.75) is 56.8 Å². The Labute approximate surface area is 109 Å². The highest BCUT2D eigenvalue weighted by atomic mass is 32.2. The maximum Gasteiger partial charge on any atom is 0.270 e. The molecule has 0 aromatic rings. The maximum atomic E-state index is 11.3. The van der Waals surface area contributed by atoms with Crippen LogP contribution in [0.5, 0.6) is 0 Å². The van der Waals surface area contributed by atoms with Gasteiger partial charge in [0, 0.05) is 0 Å². The van der Waals surface area contributed by atoms with E-state index in [1.807, 2.05) is 0 Å². The molecule has 4 fully saturated rings. The van der Waals surface area contributed by atoms with Gasteiger partial charge in [0.2, 0.25) is 0 Å². The summed E-state index contributed by atoms with van der Waals surface area (Å²) in [4.78, 5) is 0. The highest BCUT2D eigenvalue weighted by molar-refractivity contribution is 7.86. The van der Waals surface area contributed by atoms with E-state index in [-0.39, 0.29) is 5.41 Å². The normalized spacial score (nSPS) is 46.1. The molecule has 2 atom stereocenters. The number of hydrogen-bond acceptors (Lipinski definition) is 3. The van der Waals surface area contributed by atoms with Crippen LogP contribution in [0.4, 0.5) is 0 Å². The van der Waals surface area contributed by atoms with E-state index in [2.05, 4.69) is 0 Å². The number of aliphatic hydroxyl groups is 1. The van der Waals surface area contributed by atoms with Crippen LogP contribution in [0.3, 0.4) is 0 Å². The smallest absolute Gasteiger partial charge is 0.270 e. The summed E-state index contributed by atoms with van der Waals surface area (Å²) in [5.74, 6) is 2.00. The third-order valence-electron chi connectivity index (χ3n) is 5.63. The van der Waals surface area contributed by atoms with Gasteiger partial charge in [0.15, 0.2) is 0 Å². The van der Waals surface area contributed by atoms with Crippen LogP contribution in [-0.2, 0) is 10.1 Å². The lowest BCUT2D eigenvalue weighted by atomic mass is 9.48. The molecule has 0 saturated heterocycles. The van der Waals surface area contributed by atoms with Gasteiger partial charge in [0.1, 0.15) is 5.25 Å². The molecule has 4 nitrogen and oxygen atoms in total.